The van der Waals surface area contributed by atoms with Gasteiger partial charge in [-0.15, -0.1) is 0 Å². The molecule has 1 aliphatic heterocycles. The van der Waals surface area contributed by atoms with Crippen LogP contribution in [0.5, 0.6) is 0 Å². The molecule has 150 valence electrons. The predicted molar refractivity (Wildman–Crippen MR) is 114 cm³/mol. The zero-order valence-electron chi connectivity index (χ0n) is 15.8. The second kappa shape index (κ2) is 11.1. The third kappa shape index (κ3) is 6.56. The van der Waals surface area contributed by atoms with E-state index in [1.807, 2.05) is 6.26 Å². The van der Waals surface area contributed by atoms with Gasteiger partial charge < -0.3 is 10.6 Å². The molecule has 1 aromatic rings. The average Bonchev–Trinajstić information content (AvgIpc) is 3.10. The number of nitrogens with zero attached hydrogens (tertiary/aromatic N) is 1. The molecule has 1 saturated heterocycles. The number of likely N-dealkylation sites (N-methyl/N-ethyl adjacent to an activating group) is 1. The summed E-state index contributed by atoms with van der Waals surface area (Å²) in [6.45, 7) is 4.82. The van der Waals surface area contributed by atoms with Gasteiger partial charge in [0.25, 0.3) is 5.91 Å². The highest BCUT2D eigenvalue weighted by molar-refractivity contribution is 7.98. The summed E-state index contributed by atoms with van der Waals surface area (Å²) in [5, 5.41) is 6.58. The Morgan fingerprint density at radius 1 is 1.37 bits per heavy atom. The number of carbonyl (C=O) groups excluding carboxylic acids is 2. The first kappa shape index (κ1) is 22.3. The summed E-state index contributed by atoms with van der Waals surface area (Å²) in [6.07, 6.45) is 4.79. The average molecular weight is 432 g/mol. The van der Waals surface area contributed by atoms with Crippen LogP contribution in [0.15, 0.2) is 18.2 Å². The van der Waals surface area contributed by atoms with E-state index < -0.39 is 6.04 Å². The van der Waals surface area contributed by atoms with Gasteiger partial charge in [0.1, 0.15) is 6.04 Å². The molecule has 2 atom stereocenters. The molecule has 2 rings (SSSR count). The molecule has 27 heavy (non-hydrogen) atoms. The number of rotatable bonds is 9. The van der Waals surface area contributed by atoms with Crippen molar-refractivity contribution in [1.29, 1.82) is 0 Å². The Hall–Kier alpha value is -0.950. The monoisotopic (exact) mass is 431 g/mol. The summed E-state index contributed by atoms with van der Waals surface area (Å²) in [5.74, 6) is 0.261. The summed E-state index contributed by atoms with van der Waals surface area (Å²) in [4.78, 5) is 27.7. The molecular weight excluding hydrogens is 405 g/mol. The first-order valence-corrected chi connectivity index (χ1v) is 11.4. The molecule has 1 aromatic carbocycles. The Morgan fingerprint density at radius 3 is 2.81 bits per heavy atom. The lowest BCUT2D eigenvalue weighted by atomic mass is 10.1. The fourth-order valence-corrected chi connectivity index (χ4v) is 4.26. The Bertz CT molecular complexity index is 660. The molecular formula is C19H27Cl2N3O2S. The molecule has 2 amide bonds. The van der Waals surface area contributed by atoms with Crippen LogP contribution < -0.4 is 10.6 Å². The van der Waals surface area contributed by atoms with Gasteiger partial charge in [0.05, 0.1) is 10.6 Å². The topological polar surface area (TPSA) is 61.4 Å². The molecule has 0 spiro atoms. The minimum atomic E-state index is -0.590. The minimum Gasteiger partial charge on any atom is -0.353 e. The summed E-state index contributed by atoms with van der Waals surface area (Å²) >= 11 is 13.6. The normalized spacial score (nSPS) is 18.3. The van der Waals surface area contributed by atoms with Gasteiger partial charge in [-0.25, -0.2) is 0 Å². The first-order chi connectivity index (χ1) is 13.0. The fourth-order valence-electron chi connectivity index (χ4n) is 3.30. The van der Waals surface area contributed by atoms with E-state index in [-0.39, 0.29) is 16.8 Å². The summed E-state index contributed by atoms with van der Waals surface area (Å²) in [5.41, 5.74) is 0.316. The van der Waals surface area contributed by atoms with Gasteiger partial charge in [-0.3, -0.25) is 14.5 Å². The number of amides is 2. The van der Waals surface area contributed by atoms with Crippen LogP contribution in [-0.4, -0.2) is 60.4 Å². The standard InChI is InChI=1S/C19H27Cl2N3O2S/c1-3-24-9-4-5-14(24)12-22-19(26)17(8-10-27-2)23-18(25)15-7-6-13(20)11-16(15)21/h6-7,11,14,17H,3-5,8-10,12H2,1-2H3,(H,22,26)(H,23,25). The second-order valence-corrected chi connectivity index (χ2v) is 8.43. The Labute approximate surface area is 175 Å². The molecule has 0 saturated carbocycles. The largest absolute Gasteiger partial charge is 0.353 e. The molecule has 5 nitrogen and oxygen atoms in total. The van der Waals surface area contributed by atoms with E-state index in [2.05, 4.69) is 22.5 Å². The van der Waals surface area contributed by atoms with Crippen LogP contribution in [0.2, 0.25) is 10.0 Å². The lowest BCUT2D eigenvalue weighted by Gasteiger charge is -2.24. The van der Waals surface area contributed by atoms with Crippen LogP contribution in [0, 0.1) is 0 Å². The lowest BCUT2D eigenvalue weighted by molar-refractivity contribution is -0.123. The number of nitrogens with one attached hydrogen (secondary N) is 2. The number of hydrogen-bond acceptors (Lipinski definition) is 4. The van der Waals surface area contributed by atoms with Crippen molar-refractivity contribution in [3.63, 3.8) is 0 Å². The quantitative estimate of drug-likeness (QED) is 0.628. The number of hydrogen-bond donors (Lipinski definition) is 2. The number of benzene rings is 1. The van der Waals surface area contributed by atoms with Gasteiger partial charge in [-0.2, -0.15) is 11.8 Å². The van der Waals surface area contributed by atoms with Crippen LogP contribution in [0.1, 0.15) is 36.5 Å². The highest BCUT2D eigenvalue weighted by atomic mass is 35.5. The molecule has 2 unspecified atom stereocenters. The molecule has 1 heterocycles. The van der Waals surface area contributed by atoms with Crippen LogP contribution >= 0.6 is 35.0 Å². The molecule has 1 aliphatic rings. The van der Waals surface area contributed by atoms with Gasteiger partial charge >= 0.3 is 0 Å². The SMILES string of the molecule is CCN1CCCC1CNC(=O)C(CCSC)NC(=O)c1ccc(Cl)cc1Cl. The van der Waals surface area contributed by atoms with Gasteiger partial charge in [0, 0.05) is 17.6 Å². The highest BCUT2D eigenvalue weighted by Gasteiger charge is 2.26. The van der Waals surface area contributed by atoms with Crippen LogP contribution in [-0.2, 0) is 4.79 Å². The molecule has 8 heteroatoms. The Balaban J connectivity index is 1.98. The maximum Gasteiger partial charge on any atom is 0.253 e. The van der Waals surface area contributed by atoms with E-state index in [1.54, 1.807) is 23.9 Å². The Morgan fingerprint density at radius 2 is 2.15 bits per heavy atom. The van der Waals surface area contributed by atoms with Crippen molar-refractivity contribution >= 4 is 46.8 Å². The number of likely N-dealkylation sites (tertiary alicyclic amines) is 1. The molecule has 2 N–H and O–H groups in total. The number of thioether (sulfide) groups is 1. The van der Waals surface area contributed by atoms with E-state index >= 15 is 0 Å². The summed E-state index contributed by atoms with van der Waals surface area (Å²) < 4.78 is 0. The minimum absolute atomic E-state index is 0.148. The van der Waals surface area contributed by atoms with Gasteiger partial charge in [-0.05, 0) is 62.6 Å². The van der Waals surface area contributed by atoms with Crippen molar-refractivity contribution in [2.75, 3.05) is 31.6 Å². The van der Waals surface area contributed by atoms with E-state index in [1.165, 1.54) is 6.07 Å². The van der Waals surface area contributed by atoms with Gasteiger partial charge in [0.15, 0.2) is 0 Å². The maximum absolute atomic E-state index is 12.7. The zero-order chi connectivity index (χ0) is 19.8. The third-order valence-electron chi connectivity index (χ3n) is 4.83. The zero-order valence-corrected chi connectivity index (χ0v) is 18.1. The third-order valence-corrected chi connectivity index (χ3v) is 6.02. The molecule has 0 radical (unpaired) electrons. The summed E-state index contributed by atoms with van der Waals surface area (Å²) in [7, 11) is 0. The van der Waals surface area contributed by atoms with Crippen molar-refractivity contribution in [1.82, 2.24) is 15.5 Å². The molecule has 1 fully saturated rings. The molecule has 0 aromatic heterocycles. The highest BCUT2D eigenvalue weighted by Crippen LogP contribution is 2.21. The van der Waals surface area contributed by atoms with E-state index in [4.69, 9.17) is 23.2 Å². The van der Waals surface area contributed by atoms with Crippen LogP contribution in [0.25, 0.3) is 0 Å². The molecule has 0 bridgehead atoms. The lowest BCUT2D eigenvalue weighted by Crippen LogP contribution is -2.50. The van der Waals surface area contributed by atoms with Crippen molar-refractivity contribution in [3.8, 4) is 0 Å². The number of carbonyl (C=O) groups is 2. The smallest absolute Gasteiger partial charge is 0.253 e. The van der Waals surface area contributed by atoms with Crippen molar-refractivity contribution in [3.05, 3.63) is 33.8 Å². The number of halogens is 2. The second-order valence-electron chi connectivity index (χ2n) is 6.60. The van der Waals surface area contributed by atoms with Crippen molar-refractivity contribution in [2.45, 2.75) is 38.3 Å². The van der Waals surface area contributed by atoms with Gasteiger partial charge in [-0.1, -0.05) is 30.1 Å². The molecule has 0 aliphatic carbocycles. The van der Waals surface area contributed by atoms with Crippen LogP contribution in [0.3, 0.4) is 0 Å². The predicted octanol–water partition coefficient (Wildman–Crippen LogP) is 3.45. The summed E-state index contributed by atoms with van der Waals surface area (Å²) in [6, 6.07) is 4.49. The first-order valence-electron chi connectivity index (χ1n) is 9.22. The Kier molecular flexibility index (Phi) is 9.22. The van der Waals surface area contributed by atoms with Crippen LogP contribution in [0.4, 0.5) is 0 Å². The van der Waals surface area contributed by atoms with Gasteiger partial charge in [0.2, 0.25) is 5.91 Å². The van der Waals surface area contributed by atoms with E-state index in [0.717, 1.165) is 31.7 Å². The van der Waals surface area contributed by atoms with Crippen molar-refractivity contribution < 1.29 is 9.59 Å². The van der Waals surface area contributed by atoms with Crippen molar-refractivity contribution in [2.24, 2.45) is 0 Å². The fraction of sp³-hybridized carbons (Fsp3) is 0.579. The van der Waals surface area contributed by atoms with E-state index in [9.17, 15) is 9.59 Å². The van der Waals surface area contributed by atoms with E-state index in [0.29, 0.717) is 29.6 Å². The maximum atomic E-state index is 12.7.